The van der Waals surface area contributed by atoms with Crippen molar-refractivity contribution >= 4 is 11.9 Å². The highest BCUT2D eigenvalue weighted by atomic mass is 16.4. The summed E-state index contributed by atoms with van der Waals surface area (Å²) in [7, 11) is 0. The molecule has 1 fully saturated rings. The molecule has 86 valence electrons. The minimum Gasteiger partial charge on any atom is -0.481 e. The van der Waals surface area contributed by atoms with Crippen LogP contribution in [0.25, 0.3) is 0 Å². The topological polar surface area (TPSA) is 66.4 Å². The fourth-order valence-electron chi connectivity index (χ4n) is 2.03. The molecule has 0 aromatic heterocycles. The van der Waals surface area contributed by atoms with Crippen LogP contribution in [0, 0.1) is 11.8 Å². The molecule has 4 heteroatoms. The van der Waals surface area contributed by atoms with Crippen LogP contribution in [0.1, 0.15) is 40.0 Å². The van der Waals surface area contributed by atoms with E-state index in [9.17, 15) is 9.59 Å². The minimum atomic E-state index is -0.846. The summed E-state index contributed by atoms with van der Waals surface area (Å²) in [4.78, 5) is 22.7. The van der Waals surface area contributed by atoms with E-state index in [0.717, 1.165) is 6.42 Å². The SMILES string of the molecule is CC(C)(C)NC(=O)C1CCCC1C(=O)O. The number of amides is 1. The van der Waals surface area contributed by atoms with Crippen LogP contribution in [0.3, 0.4) is 0 Å². The summed E-state index contributed by atoms with van der Waals surface area (Å²) in [6.45, 7) is 5.70. The van der Waals surface area contributed by atoms with E-state index in [1.807, 2.05) is 20.8 Å². The van der Waals surface area contributed by atoms with Gasteiger partial charge in [-0.05, 0) is 33.6 Å². The van der Waals surface area contributed by atoms with Crippen LogP contribution in [0.15, 0.2) is 0 Å². The lowest BCUT2D eigenvalue weighted by Gasteiger charge is -2.24. The van der Waals surface area contributed by atoms with Gasteiger partial charge in [0.05, 0.1) is 11.8 Å². The Labute approximate surface area is 90.0 Å². The fourth-order valence-corrected chi connectivity index (χ4v) is 2.03. The van der Waals surface area contributed by atoms with Crippen molar-refractivity contribution in [3.63, 3.8) is 0 Å². The number of aliphatic carboxylic acids is 1. The third kappa shape index (κ3) is 3.22. The number of carboxylic acid groups (broad SMARTS) is 1. The third-order valence-corrected chi connectivity index (χ3v) is 2.67. The zero-order valence-corrected chi connectivity index (χ0v) is 9.54. The Morgan fingerprint density at radius 3 is 2.20 bits per heavy atom. The molecular formula is C11H19NO3. The molecule has 0 radical (unpaired) electrons. The van der Waals surface area contributed by atoms with Gasteiger partial charge in [0.2, 0.25) is 5.91 Å². The van der Waals surface area contributed by atoms with E-state index >= 15 is 0 Å². The first-order valence-corrected chi connectivity index (χ1v) is 5.36. The number of hydrogen-bond donors (Lipinski definition) is 2. The van der Waals surface area contributed by atoms with Crippen LogP contribution in [0.4, 0.5) is 0 Å². The lowest BCUT2D eigenvalue weighted by molar-refractivity contribution is -0.146. The summed E-state index contributed by atoms with van der Waals surface area (Å²) >= 11 is 0. The summed E-state index contributed by atoms with van der Waals surface area (Å²) in [5, 5.41) is 11.8. The summed E-state index contributed by atoms with van der Waals surface area (Å²) in [5.41, 5.74) is -0.289. The summed E-state index contributed by atoms with van der Waals surface area (Å²) < 4.78 is 0. The number of rotatable bonds is 2. The van der Waals surface area contributed by atoms with Gasteiger partial charge in [0.15, 0.2) is 0 Å². The molecule has 0 aromatic rings. The number of carboxylic acids is 1. The summed E-state index contributed by atoms with van der Waals surface area (Å²) in [6, 6.07) is 0. The first kappa shape index (κ1) is 12.0. The second-order valence-corrected chi connectivity index (χ2v) is 5.22. The van der Waals surface area contributed by atoms with E-state index in [2.05, 4.69) is 5.32 Å². The zero-order chi connectivity index (χ0) is 11.6. The van der Waals surface area contributed by atoms with Crippen molar-refractivity contribution in [2.45, 2.75) is 45.6 Å². The van der Waals surface area contributed by atoms with Gasteiger partial charge in [-0.3, -0.25) is 9.59 Å². The van der Waals surface area contributed by atoms with E-state index in [4.69, 9.17) is 5.11 Å². The Balaban J connectivity index is 2.63. The van der Waals surface area contributed by atoms with Gasteiger partial charge in [-0.15, -0.1) is 0 Å². The molecule has 0 spiro atoms. The second-order valence-electron chi connectivity index (χ2n) is 5.22. The highest BCUT2D eigenvalue weighted by Gasteiger charge is 2.38. The van der Waals surface area contributed by atoms with Crippen LogP contribution in [-0.2, 0) is 9.59 Å². The van der Waals surface area contributed by atoms with Crippen molar-refractivity contribution < 1.29 is 14.7 Å². The molecule has 2 atom stereocenters. The van der Waals surface area contributed by atoms with Crippen LogP contribution in [-0.4, -0.2) is 22.5 Å². The molecule has 0 bridgehead atoms. The molecule has 1 amide bonds. The molecule has 15 heavy (non-hydrogen) atoms. The van der Waals surface area contributed by atoms with Crippen LogP contribution in [0.5, 0.6) is 0 Å². The van der Waals surface area contributed by atoms with Crippen LogP contribution >= 0.6 is 0 Å². The van der Waals surface area contributed by atoms with Gasteiger partial charge in [-0.2, -0.15) is 0 Å². The minimum absolute atomic E-state index is 0.118. The Morgan fingerprint density at radius 1 is 1.20 bits per heavy atom. The maximum Gasteiger partial charge on any atom is 0.307 e. The maximum absolute atomic E-state index is 11.8. The maximum atomic E-state index is 11.8. The lowest BCUT2D eigenvalue weighted by atomic mass is 9.94. The number of hydrogen-bond acceptors (Lipinski definition) is 2. The van der Waals surface area contributed by atoms with Gasteiger partial charge in [0.1, 0.15) is 0 Å². The highest BCUT2D eigenvalue weighted by Crippen LogP contribution is 2.32. The molecule has 1 aliphatic carbocycles. The molecule has 0 heterocycles. The quantitative estimate of drug-likeness (QED) is 0.728. The molecule has 0 aliphatic heterocycles. The van der Waals surface area contributed by atoms with Crippen molar-refractivity contribution in [1.82, 2.24) is 5.32 Å². The predicted molar refractivity (Wildman–Crippen MR) is 56.4 cm³/mol. The Kier molecular flexibility index (Phi) is 3.37. The van der Waals surface area contributed by atoms with Crippen LogP contribution < -0.4 is 5.32 Å². The average molecular weight is 213 g/mol. The molecule has 0 saturated heterocycles. The molecule has 4 nitrogen and oxygen atoms in total. The highest BCUT2D eigenvalue weighted by molar-refractivity contribution is 5.85. The number of nitrogens with one attached hydrogen (secondary N) is 1. The summed E-state index contributed by atoms with van der Waals surface area (Å²) in [6.07, 6.45) is 2.15. The molecular weight excluding hydrogens is 194 g/mol. The monoisotopic (exact) mass is 213 g/mol. The van der Waals surface area contributed by atoms with Crippen molar-refractivity contribution in [3.05, 3.63) is 0 Å². The van der Waals surface area contributed by atoms with E-state index in [1.54, 1.807) is 0 Å². The van der Waals surface area contributed by atoms with E-state index < -0.39 is 11.9 Å². The Morgan fingerprint density at radius 2 is 1.73 bits per heavy atom. The molecule has 2 N–H and O–H groups in total. The molecule has 1 aliphatic rings. The van der Waals surface area contributed by atoms with Crippen molar-refractivity contribution in [2.75, 3.05) is 0 Å². The fraction of sp³-hybridized carbons (Fsp3) is 0.818. The second kappa shape index (κ2) is 4.21. The lowest BCUT2D eigenvalue weighted by Crippen LogP contribution is -2.45. The van der Waals surface area contributed by atoms with Gasteiger partial charge in [0.25, 0.3) is 0 Å². The van der Waals surface area contributed by atoms with Gasteiger partial charge < -0.3 is 10.4 Å². The van der Waals surface area contributed by atoms with Gasteiger partial charge in [-0.25, -0.2) is 0 Å². The van der Waals surface area contributed by atoms with Gasteiger partial charge in [-0.1, -0.05) is 6.42 Å². The number of carbonyl (C=O) groups is 2. The molecule has 1 rings (SSSR count). The average Bonchev–Trinajstić information content (AvgIpc) is 2.47. The van der Waals surface area contributed by atoms with E-state index in [1.165, 1.54) is 0 Å². The standard InChI is InChI=1S/C11H19NO3/c1-11(2,3)12-9(13)7-5-4-6-8(7)10(14)15/h7-8H,4-6H2,1-3H3,(H,12,13)(H,14,15). The van der Waals surface area contributed by atoms with Crippen LogP contribution in [0.2, 0.25) is 0 Å². The zero-order valence-electron chi connectivity index (χ0n) is 9.54. The normalized spacial score (nSPS) is 26.3. The first-order chi connectivity index (χ1) is 6.81. The molecule has 0 aromatic carbocycles. The van der Waals surface area contributed by atoms with E-state index in [-0.39, 0.29) is 17.4 Å². The van der Waals surface area contributed by atoms with Crippen molar-refractivity contribution in [2.24, 2.45) is 11.8 Å². The van der Waals surface area contributed by atoms with Gasteiger partial charge >= 0.3 is 5.97 Å². The third-order valence-electron chi connectivity index (χ3n) is 2.67. The first-order valence-electron chi connectivity index (χ1n) is 5.36. The van der Waals surface area contributed by atoms with Gasteiger partial charge in [0, 0.05) is 5.54 Å². The molecule has 2 unspecified atom stereocenters. The van der Waals surface area contributed by atoms with Crippen molar-refractivity contribution in [3.8, 4) is 0 Å². The van der Waals surface area contributed by atoms with Crippen molar-refractivity contribution in [1.29, 1.82) is 0 Å². The smallest absolute Gasteiger partial charge is 0.307 e. The Bertz CT molecular complexity index is 267. The predicted octanol–water partition coefficient (Wildman–Crippen LogP) is 1.40. The Hall–Kier alpha value is -1.06. The summed E-state index contributed by atoms with van der Waals surface area (Å²) in [5.74, 6) is -1.80. The largest absolute Gasteiger partial charge is 0.481 e. The number of carbonyl (C=O) groups excluding carboxylic acids is 1. The van der Waals surface area contributed by atoms with E-state index in [0.29, 0.717) is 12.8 Å². The molecule has 1 saturated carbocycles.